The van der Waals surface area contributed by atoms with Gasteiger partial charge in [0.25, 0.3) is 0 Å². The van der Waals surface area contributed by atoms with Crippen LogP contribution in [0.25, 0.3) is 16.5 Å². The van der Waals surface area contributed by atoms with Crippen molar-refractivity contribution >= 4 is 22.8 Å². The Labute approximate surface area is 181 Å². The number of H-pyrrole nitrogens is 1. The number of hydrogen-bond donors (Lipinski definition) is 2. The first kappa shape index (κ1) is 22.4. The number of rotatable bonds is 7. The molecule has 162 valence electrons. The molecule has 1 aromatic heterocycles. The van der Waals surface area contributed by atoms with E-state index in [2.05, 4.69) is 74.3 Å². The molecule has 3 rings (SSSR count). The molecule has 0 aliphatic carbocycles. The van der Waals surface area contributed by atoms with Crippen molar-refractivity contribution in [3.05, 3.63) is 52.4 Å². The zero-order valence-corrected chi connectivity index (χ0v) is 19.4. The molecule has 4 nitrogen and oxygen atoms in total. The van der Waals surface area contributed by atoms with Crippen LogP contribution in [0.1, 0.15) is 76.1 Å². The van der Waals surface area contributed by atoms with Crippen molar-refractivity contribution in [3.8, 4) is 0 Å². The Morgan fingerprint density at radius 3 is 2.53 bits per heavy atom. The third kappa shape index (κ3) is 4.54. The van der Waals surface area contributed by atoms with Crippen LogP contribution >= 0.6 is 0 Å². The molecule has 2 N–H and O–H groups in total. The molecule has 0 saturated carbocycles. The Morgan fingerprint density at radius 1 is 1.23 bits per heavy atom. The molecule has 0 bridgehead atoms. The summed E-state index contributed by atoms with van der Waals surface area (Å²) >= 11 is 0. The summed E-state index contributed by atoms with van der Waals surface area (Å²) in [5, 5.41) is 4.79. The Kier molecular flexibility index (Phi) is 7.19. The average Bonchev–Trinajstić information content (AvgIpc) is 3.15. The zero-order chi connectivity index (χ0) is 21.8. The standard InChI is InChI=1S/C26H37N3O/c1-7-29(6)15-23(19(5)18(4)16-30)26-25(17(2)3)22-14-21(8-9-24(22)28-26)20-10-12-27-13-11-20/h8-9,14-17,20,27-28H,7,10-13H2,1-6H3/b19-18-,23-15+. The van der Waals surface area contributed by atoms with Gasteiger partial charge in [0.2, 0.25) is 0 Å². The summed E-state index contributed by atoms with van der Waals surface area (Å²) in [5.41, 5.74) is 8.01. The summed E-state index contributed by atoms with van der Waals surface area (Å²) in [6, 6.07) is 6.95. The Morgan fingerprint density at radius 2 is 1.93 bits per heavy atom. The van der Waals surface area contributed by atoms with Crippen molar-refractivity contribution in [2.24, 2.45) is 0 Å². The van der Waals surface area contributed by atoms with Gasteiger partial charge in [0.1, 0.15) is 6.29 Å². The van der Waals surface area contributed by atoms with E-state index in [4.69, 9.17) is 0 Å². The Balaban J connectivity index is 2.21. The monoisotopic (exact) mass is 407 g/mol. The smallest absolute Gasteiger partial charge is 0.146 e. The van der Waals surface area contributed by atoms with Crippen LogP contribution in [0.15, 0.2) is 35.5 Å². The summed E-state index contributed by atoms with van der Waals surface area (Å²) in [5.74, 6) is 1.01. The normalized spacial score (nSPS) is 16.8. The maximum absolute atomic E-state index is 11.5. The fourth-order valence-corrected chi connectivity index (χ4v) is 4.41. The van der Waals surface area contributed by atoms with Gasteiger partial charge >= 0.3 is 0 Å². The number of allylic oxidation sites excluding steroid dienone is 3. The van der Waals surface area contributed by atoms with Gasteiger partial charge in [0, 0.05) is 36.3 Å². The number of carbonyl (C=O) groups is 1. The first-order chi connectivity index (χ1) is 14.4. The summed E-state index contributed by atoms with van der Waals surface area (Å²) in [6.07, 6.45) is 5.54. The Hall–Kier alpha value is -2.33. The van der Waals surface area contributed by atoms with Crippen LogP contribution in [0.5, 0.6) is 0 Å². The van der Waals surface area contributed by atoms with E-state index < -0.39 is 0 Å². The number of hydrogen-bond acceptors (Lipinski definition) is 3. The number of aromatic nitrogens is 1. The molecule has 1 aromatic carbocycles. The van der Waals surface area contributed by atoms with Gasteiger partial charge in [-0.05, 0) is 92.9 Å². The van der Waals surface area contributed by atoms with Crippen LogP contribution in [-0.4, -0.2) is 42.9 Å². The molecule has 0 atom stereocenters. The van der Waals surface area contributed by atoms with Gasteiger partial charge in [-0.2, -0.15) is 0 Å². The number of benzene rings is 1. The van der Waals surface area contributed by atoms with Crippen molar-refractivity contribution in [1.29, 1.82) is 0 Å². The van der Waals surface area contributed by atoms with Gasteiger partial charge in [-0.25, -0.2) is 0 Å². The van der Waals surface area contributed by atoms with E-state index in [0.29, 0.717) is 11.8 Å². The summed E-state index contributed by atoms with van der Waals surface area (Å²) in [7, 11) is 2.08. The predicted octanol–water partition coefficient (Wildman–Crippen LogP) is 5.59. The van der Waals surface area contributed by atoms with E-state index in [9.17, 15) is 4.79 Å². The van der Waals surface area contributed by atoms with E-state index in [1.165, 1.54) is 34.9 Å². The van der Waals surface area contributed by atoms with Gasteiger partial charge in [0.15, 0.2) is 0 Å². The Bertz CT molecular complexity index is 958. The van der Waals surface area contributed by atoms with Crippen molar-refractivity contribution in [2.45, 2.75) is 59.3 Å². The lowest BCUT2D eigenvalue weighted by Gasteiger charge is -2.23. The largest absolute Gasteiger partial charge is 0.380 e. The number of fused-ring (bicyclic) bond motifs is 1. The van der Waals surface area contributed by atoms with Crippen molar-refractivity contribution in [2.75, 3.05) is 26.7 Å². The van der Waals surface area contributed by atoms with Gasteiger partial charge < -0.3 is 15.2 Å². The molecule has 0 unspecified atom stereocenters. The van der Waals surface area contributed by atoms with Gasteiger partial charge in [0.05, 0.1) is 5.69 Å². The predicted molar refractivity (Wildman–Crippen MR) is 128 cm³/mol. The lowest BCUT2D eigenvalue weighted by Crippen LogP contribution is -2.26. The van der Waals surface area contributed by atoms with Crippen LogP contribution in [0, 0.1) is 0 Å². The van der Waals surface area contributed by atoms with Crippen molar-refractivity contribution < 1.29 is 4.79 Å². The lowest BCUT2D eigenvalue weighted by molar-refractivity contribution is -0.104. The topological polar surface area (TPSA) is 48.1 Å². The van der Waals surface area contributed by atoms with Crippen LogP contribution in [-0.2, 0) is 4.79 Å². The second-order valence-electron chi connectivity index (χ2n) is 8.94. The van der Waals surface area contributed by atoms with Gasteiger partial charge in [-0.1, -0.05) is 19.9 Å². The van der Waals surface area contributed by atoms with Crippen LogP contribution in [0.3, 0.4) is 0 Å². The lowest BCUT2D eigenvalue weighted by atomic mass is 9.87. The van der Waals surface area contributed by atoms with Crippen LogP contribution in [0.4, 0.5) is 0 Å². The maximum atomic E-state index is 11.5. The van der Waals surface area contributed by atoms with Gasteiger partial charge in [-0.15, -0.1) is 0 Å². The highest BCUT2D eigenvalue weighted by Gasteiger charge is 2.22. The number of aldehydes is 1. The molecule has 2 aromatic rings. The first-order valence-electron chi connectivity index (χ1n) is 11.3. The molecule has 0 amide bonds. The molecule has 30 heavy (non-hydrogen) atoms. The van der Waals surface area contributed by atoms with Crippen LogP contribution in [0.2, 0.25) is 0 Å². The molecular formula is C26H37N3O. The molecule has 1 fully saturated rings. The third-order valence-electron chi connectivity index (χ3n) is 6.54. The summed E-state index contributed by atoms with van der Waals surface area (Å²) in [4.78, 5) is 17.4. The minimum Gasteiger partial charge on any atom is -0.380 e. The molecule has 1 aliphatic heterocycles. The molecular weight excluding hydrogens is 370 g/mol. The number of nitrogens with zero attached hydrogens (tertiary/aromatic N) is 1. The van der Waals surface area contributed by atoms with E-state index >= 15 is 0 Å². The molecule has 0 spiro atoms. The number of aromatic amines is 1. The highest BCUT2D eigenvalue weighted by atomic mass is 16.1. The third-order valence-corrected chi connectivity index (χ3v) is 6.54. The van der Waals surface area contributed by atoms with Crippen molar-refractivity contribution in [1.82, 2.24) is 15.2 Å². The average molecular weight is 408 g/mol. The SMILES string of the molecule is CCN(C)/C=C(\C(C)=C(\C)C=O)c1[nH]c2ccc(C3CCNCC3)cc2c1C(C)C. The van der Waals surface area contributed by atoms with Crippen LogP contribution < -0.4 is 5.32 Å². The highest BCUT2D eigenvalue weighted by Crippen LogP contribution is 2.38. The summed E-state index contributed by atoms with van der Waals surface area (Å²) < 4.78 is 0. The minimum absolute atomic E-state index is 0.372. The van der Waals surface area contributed by atoms with Gasteiger partial charge in [-0.3, -0.25) is 4.79 Å². The molecule has 0 radical (unpaired) electrons. The zero-order valence-electron chi connectivity index (χ0n) is 19.4. The number of carbonyl (C=O) groups excluding carboxylic acids is 1. The molecule has 2 heterocycles. The minimum atomic E-state index is 0.372. The second-order valence-corrected chi connectivity index (χ2v) is 8.94. The highest BCUT2D eigenvalue weighted by molar-refractivity contribution is 5.95. The van der Waals surface area contributed by atoms with E-state index in [0.717, 1.165) is 48.3 Å². The first-order valence-corrected chi connectivity index (χ1v) is 11.3. The maximum Gasteiger partial charge on any atom is 0.146 e. The number of piperidine rings is 1. The fourth-order valence-electron chi connectivity index (χ4n) is 4.41. The second kappa shape index (κ2) is 9.65. The molecule has 1 aliphatic rings. The van der Waals surface area contributed by atoms with E-state index in [-0.39, 0.29) is 0 Å². The molecule has 1 saturated heterocycles. The quantitative estimate of drug-likeness (QED) is 0.357. The van der Waals surface area contributed by atoms with E-state index in [1.807, 2.05) is 6.92 Å². The fraction of sp³-hybridized carbons (Fsp3) is 0.500. The molecule has 4 heteroatoms. The summed E-state index contributed by atoms with van der Waals surface area (Å²) in [6.45, 7) is 13.7. The number of nitrogens with one attached hydrogen (secondary N) is 2. The van der Waals surface area contributed by atoms with Crippen molar-refractivity contribution in [3.63, 3.8) is 0 Å². The van der Waals surface area contributed by atoms with E-state index in [1.54, 1.807) is 0 Å².